The monoisotopic (exact) mass is 353 g/mol. The predicted molar refractivity (Wildman–Crippen MR) is 84.1 cm³/mol. The quantitative estimate of drug-likeness (QED) is 0.625. The van der Waals surface area contributed by atoms with Crippen LogP contribution in [0.25, 0.3) is 10.6 Å². The van der Waals surface area contributed by atoms with Crippen molar-refractivity contribution in [3.8, 4) is 10.6 Å². The van der Waals surface area contributed by atoms with Gasteiger partial charge in [-0.25, -0.2) is 0 Å². The minimum atomic E-state index is -4.32. The summed E-state index contributed by atoms with van der Waals surface area (Å²) in [6.07, 6.45) is -0.976. The molecule has 0 saturated carbocycles. The van der Waals surface area contributed by atoms with Gasteiger partial charge in [0.25, 0.3) is 0 Å². The lowest BCUT2D eigenvalue weighted by molar-refractivity contribution is -0.137. The zero-order valence-electron chi connectivity index (χ0n) is 11.6. The Balaban J connectivity index is 1.69. The summed E-state index contributed by atoms with van der Waals surface area (Å²) in [4.78, 5) is 3.94. The number of alkyl halides is 3. The molecule has 3 aromatic rings. The van der Waals surface area contributed by atoms with Gasteiger partial charge in [-0.2, -0.15) is 13.2 Å². The van der Waals surface area contributed by atoms with Crippen molar-refractivity contribution in [2.75, 3.05) is 0 Å². The number of hydrogen-bond acceptors (Lipinski definition) is 5. The van der Waals surface area contributed by atoms with Gasteiger partial charge in [0.05, 0.1) is 5.56 Å². The van der Waals surface area contributed by atoms with E-state index < -0.39 is 11.7 Å². The van der Waals surface area contributed by atoms with Crippen LogP contribution in [0.15, 0.2) is 53.1 Å². The molecule has 0 unspecified atom stereocenters. The molecular weight excluding hydrogens is 343 g/mol. The predicted octanol–water partition coefficient (Wildman–Crippen LogP) is 4.91. The Morgan fingerprint density at radius 3 is 2.57 bits per heavy atom. The highest BCUT2D eigenvalue weighted by molar-refractivity contribution is 8.00. The van der Waals surface area contributed by atoms with Crippen LogP contribution in [0.2, 0.25) is 0 Å². The van der Waals surface area contributed by atoms with Gasteiger partial charge >= 0.3 is 6.18 Å². The summed E-state index contributed by atoms with van der Waals surface area (Å²) in [5, 5.41) is 8.93. The molecule has 8 heteroatoms. The van der Waals surface area contributed by atoms with Crippen LogP contribution in [0.3, 0.4) is 0 Å². The second kappa shape index (κ2) is 6.67. The Bertz CT molecular complexity index is 788. The molecule has 0 bridgehead atoms. The van der Waals surface area contributed by atoms with E-state index in [0.29, 0.717) is 15.7 Å². The molecule has 0 fully saturated rings. The second-order valence-electron chi connectivity index (χ2n) is 4.60. The molecule has 0 aliphatic rings. The van der Waals surface area contributed by atoms with Crippen LogP contribution in [-0.2, 0) is 11.9 Å². The van der Waals surface area contributed by atoms with Gasteiger partial charge < -0.3 is 0 Å². The summed E-state index contributed by atoms with van der Waals surface area (Å²) in [6.45, 7) is 0. The Morgan fingerprint density at radius 2 is 1.83 bits per heavy atom. The molecule has 3 nitrogen and oxygen atoms in total. The summed E-state index contributed by atoms with van der Waals surface area (Å²) in [5.74, 6) is 0.412. The van der Waals surface area contributed by atoms with Crippen molar-refractivity contribution < 1.29 is 13.2 Å². The summed E-state index contributed by atoms with van der Waals surface area (Å²) >= 11 is 2.78. The summed E-state index contributed by atoms with van der Waals surface area (Å²) in [5.41, 5.74) is 0.888. The molecule has 0 saturated heterocycles. The van der Waals surface area contributed by atoms with Gasteiger partial charge in [-0.1, -0.05) is 41.3 Å². The molecule has 118 valence electrons. The molecule has 2 heterocycles. The van der Waals surface area contributed by atoms with E-state index in [0.717, 1.165) is 22.7 Å². The topological polar surface area (TPSA) is 38.7 Å². The highest BCUT2D eigenvalue weighted by Gasteiger charge is 2.30. The van der Waals surface area contributed by atoms with Crippen LogP contribution < -0.4 is 0 Å². The molecule has 0 aliphatic carbocycles. The van der Waals surface area contributed by atoms with Gasteiger partial charge in [0.1, 0.15) is 5.01 Å². The number of thioether (sulfide) groups is 1. The van der Waals surface area contributed by atoms with E-state index in [-0.39, 0.29) is 0 Å². The molecule has 23 heavy (non-hydrogen) atoms. The summed E-state index contributed by atoms with van der Waals surface area (Å²) < 4.78 is 38.8. The van der Waals surface area contributed by atoms with Gasteiger partial charge in [0.2, 0.25) is 0 Å². The number of hydrogen-bond donors (Lipinski definition) is 0. The van der Waals surface area contributed by atoms with Crippen LogP contribution in [0.4, 0.5) is 13.2 Å². The number of rotatable bonds is 4. The van der Waals surface area contributed by atoms with Crippen molar-refractivity contribution in [3.05, 3.63) is 59.9 Å². The lowest BCUT2D eigenvalue weighted by Gasteiger charge is -2.07. The first-order chi connectivity index (χ1) is 11.0. The van der Waals surface area contributed by atoms with Crippen molar-refractivity contribution in [1.29, 1.82) is 0 Å². The molecule has 0 radical (unpaired) electrons. The van der Waals surface area contributed by atoms with Gasteiger partial charge in [-0.15, -0.1) is 10.2 Å². The lowest BCUT2D eigenvalue weighted by atomic mass is 10.1. The smallest absolute Gasteiger partial charge is 0.265 e. The Labute approximate surface area is 138 Å². The fraction of sp³-hybridized carbons (Fsp3) is 0.133. The van der Waals surface area contributed by atoms with E-state index in [4.69, 9.17) is 0 Å². The normalized spacial score (nSPS) is 11.6. The maximum absolute atomic E-state index is 12.7. The summed E-state index contributed by atoms with van der Waals surface area (Å²) in [6, 6.07) is 9.00. The Kier molecular flexibility index (Phi) is 4.63. The zero-order valence-corrected chi connectivity index (χ0v) is 13.3. The standard InChI is InChI=1S/C15H10F3N3S2/c16-15(17,18)12-3-1-2-10(8-12)9-22-14-21-20-13(23-14)11-4-6-19-7-5-11/h1-8H,9H2. The molecule has 0 atom stereocenters. The van der Waals surface area contributed by atoms with Crippen LogP contribution in [0.1, 0.15) is 11.1 Å². The molecule has 0 spiro atoms. The van der Waals surface area contributed by atoms with Crippen molar-refractivity contribution >= 4 is 23.1 Å². The van der Waals surface area contributed by atoms with Gasteiger partial charge in [-0.3, -0.25) is 4.98 Å². The van der Waals surface area contributed by atoms with E-state index in [1.165, 1.54) is 29.2 Å². The second-order valence-corrected chi connectivity index (χ2v) is 6.80. The first kappa shape index (κ1) is 15.9. The third-order valence-corrected chi connectivity index (χ3v) is 5.13. The number of benzene rings is 1. The van der Waals surface area contributed by atoms with Crippen LogP contribution in [0, 0.1) is 0 Å². The lowest BCUT2D eigenvalue weighted by Crippen LogP contribution is -2.04. The molecule has 2 aromatic heterocycles. The Hall–Kier alpha value is -1.93. The van der Waals surface area contributed by atoms with Crippen molar-refractivity contribution in [3.63, 3.8) is 0 Å². The maximum atomic E-state index is 12.7. The summed E-state index contributed by atoms with van der Waals surface area (Å²) in [7, 11) is 0. The minimum absolute atomic E-state index is 0.412. The molecular formula is C15H10F3N3S2. The largest absolute Gasteiger partial charge is 0.416 e. The average molecular weight is 353 g/mol. The first-order valence-corrected chi connectivity index (χ1v) is 8.35. The number of nitrogens with zero attached hydrogens (tertiary/aromatic N) is 3. The number of pyridine rings is 1. The third-order valence-electron chi connectivity index (χ3n) is 2.95. The molecule has 1 aromatic carbocycles. The fourth-order valence-corrected chi connectivity index (χ4v) is 3.66. The van der Waals surface area contributed by atoms with E-state index in [2.05, 4.69) is 15.2 Å². The minimum Gasteiger partial charge on any atom is -0.265 e. The maximum Gasteiger partial charge on any atom is 0.416 e. The van der Waals surface area contributed by atoms with Crippen molar-refractivity contribution in [1.82, 2.24) is 15.2 Å². The average Bonchev–Trinajstić information content (AvgIpc) is 3.02. The highest BCUT2D eigenvalue weighted by Crippen LogP contribution is 2.33. The molecule has 0 N–H and O–H groups in total. The van der Waals surface area contributed by atoms with Crippen LogP contribution >= 0.6 is 23.1 Å². The molecule has 0 aliphatic heterocycles. The van der Waals surface area contributed by atoms with E-state index in [1.807, 2.05) is 12.1 Å². The van der Waals surface area contributed by atoms with Crippen LogP contribution in [0.5, 0.6) is 0 Å². The molecule has 0 amide bonds. The fourth-order valence-electron chi connectivity index (χ4n) is 1.86. The van der Waals surface area contributed by atoms with Gasteiger partial charge in [0.15, 0.2) is 4.34 Å². The third kappa shape index (κ3) is 4.08. The SMILES string of the molecule is FC(F)(F)c1cccc(CSc2nnc(-c3ccncc3)s2)c1. The zero-order chi connectivity index (χ0) is 16.3. The van der Waals surface area contributed by atoms with Crippen LogP contribution in [-0.4, -0.2) is 15.2 Å². The molecule has 3 rings (SSSR count). The van der Waals surface area contributed by atoms with Crippen molar-refractivity contribution in [2.24, 2.45) is 0 Å². The van der Waals surface area contributed by atoms with Gasteiger partial charge in [-0.05, 0) is 23.8 Å². The van der Waals surface area contributed by atoms with Gasteiger partial charge in [0, 0.05) is 23.7 Å². The highest BCUT2D eigenvalue weighted by atomic mass is 32.2. The Morgan fingerprint density at radius 1 is 1.04 bits per heavy atom. The van der Waals surface area contributed by atoms with E-state index in [1.54, 1.807) is 18.5 Å². The van der Waals surface area contributed by atoms with E-state index >= 15 is 0 Å². The van der Waals surface area contributed by atoms with Crippen molar-refractivity contribution in [2.45, 2.75) is 16.3 Å². The number of halogens is 3. The first-order valence-electron chi connectivity index (χ1n) is 6.55. The number of aromatic nitrogens is 3. The van der Waals surface area contributed by atoms with E-state index in [9.17, 15) is 13.2 Å².